The van der Waals surface area contributed by atoms with Crippen molar-refractivity contribution >= 4 is 11.7 Å². The summed E-state index contributed by atoms with van der Waals surface area (Å²) in [5, 5.41) is 11.1. The van der Waals surface area contributed by atoms with E-state index in [1.165, 1.54) is 0 Å². The first-order valence-electron chi connectivity index (χ1n) is 7.70. The van der Waals surface area contributed by atoms with E-state index in [-0.39, 0.29) is 18.1 Å². The second-order valence-electron chi connectivity index (χ2n) is 5.78. The highest BCUT2D eigenvalue weighted by molar-refractivity contribution is 5.98. The van der Waals surface area contributed by atoms with Gasteiger partial charge in [0.2, 0.25) is 0 Å². The highest BCUT2D eigenvalue weighted by Gasteiger charge is 2.38. The number of ether oxygens (including phenoxy) is 1. The number of hydrogen-bond acceptors (Lipinski definition) is 6. The summed E-state index contributed by atoms with van der Waals surface area (Å²) in [6.45, 7) is 1.77. The Morgan fingerprint density at radius 1 is 1.48 bits per heavy atom. The molecule has 4 rings (SSSR count). The first-order chi connectivity index (χ1) is 11.3. The largest absolute Gasteiger partial charge is 0.372 e. The van der Waals surface area contributed by atoms with Crippen LogP contribution < -0.4 is 5.32 Å². The Morgan fingerprint density at radius 3 is 3.26 bits per heavy atom. The van der Waals surface area contributed by atoms with Crippen LogP contribution in [-0.2, 0) is 11.3 Å². The van der Waals surface area contributed by atoms with E-state index in [9.17, 15) is 4.79 Å². The van der Waals surface area contributed by atoms with E-state index in [0.717, 1.165) is 12.1 Å². The molecule has 2 aromatic rings. The second kappa shape index (κ2) is 5.62. The minimum Gasteiger partial charge on any atom is -0.372 e. The molecular formula is C15H18N6O2. The third-order valence-electron chi connectivity index (χ3n) is 4.49. The number of aromatic nitrogens is 4. The van der Waals surface area contributed by atoms with E-state index < -0.39 is 0 Å². The Balaban J connectivity index is 1.59. The van der Waals surface area contributed by atoms with Gasteiger partial charge in [0.15, 0.2) is 0 Å². The molecule has 1 fully saturated rings. The molecule has 0 aliphatic carbocycles. The van der Waals surface area contributed by atoms with Crippen molar-refractivity contribution in [2.75, 3.05) is 25.5 Å². The van der Waals surface area contributed by atoms with Crippen LogP contribution >= 0.6 is 0 Å². The number of hydrogen-bond donors (Lipinski definition) is 1. The zero-order valence-electron chi connectivity index (χ0n) is 12.8. The fourth-order valence-electron chi connectivity index (χ4n) is 3.31. The smallest absolute Gasteiger partial charge is 0.257 e. The van der Waals surface area contributed by atoms with Crippen molar-refractivity contribution in [2.24, 2.45) is 0 Å². The Bertz CT molecular complexity index is 730. The number of pyridine rings is 1. The van der Waals surface area contributed by atoms with Crippen LogP contribution in [0.2, 0.25) is 0 Å². The molecule has 8 nitrogen and oxygen atoms in total. The first-order valence-corrected chi connectivity index (χ1v) is 7.70. The fraction of sp³-hybridized carbons (Fsp3) is 0.467. The van der Waals surface area contributed by atoms with Crippen LogP contribution in [-0.4, -0.2) is 57.0 Å². The SMILES string of the molecule is CNc1ncccc1C(=O)N1CC[C@@H]2OCc3cnnn3[C@H]2C1. The van der Waals surface area contributed by atoms with Crippen molar-refractivity contribution in [3.63, 3.8) is 0 Å². The quantitative estimate of drug-likeness (QED) is 0.878. The number of anilines is 1. The Labute approximate surface area is 133 Å². The molecule has 0 spiro atoms. The molecular weight excluding hydrogens is 296 g/mol. The van der Waals surface area contributed by atoms with Crippen LogP contribution in [0.15, 0.2) is 24.5 Å². The van der Waals surface area contributed by atoms with Gasteiger partial charge in [0.05, 0.1) is 36.2 Å². The summed E-state index contributed by atoms with van der Waals surface area (Å²) in [6, 6.07) is 3.60. The number of likely N-dealkylation sites (tertiary alicyclic amines) is 1. The Hall–Kier alpha value is -2.48. The molecule has 23 heavy (non-hydrogen) atoms. The lowest BCUT2D eigenvalue weighted by atomic mass is 9.99. The van der Waals surface area contributed by atoms with Crippen LogP contribution in [0.3, 0.4) is 0 Å². The lowest BCUT2D eigenvalue weighted by Crippen LogP contribution is -2.50. The topological polar surface area (TPSA) is 85.2 Å². The molecule has 0 saturated carbocycles. The summed E-state index contributed by atoms with van der Waals surface area (Å²) in [7, 11) is 1.77. The molecule has 2 aliphatic heterocycles. The molecule has 4 heterocycles. The van der Waals surface area contributed by atoms with E-state index in [0.29, 0.717) is 31.1 Å². The minimum atomic E-state index is -0.0202. The monoisotopic (exact) mass is 314 g/mol. The van der Waals surface area contributed by atoms with Gasteiger partial charge < -0.3 is 15.0 Å². The zero-order chi connectivity index (χ0) is 15.8. The maximum absolute atomic E-state index is 12.9. The number of rotatable bonds is 2. The number of nitrogens with one attached hydrogen (secondary N) is 1. The zero-order valence-corrected chi connectivity index (χ0v) is 12.8. The third kappa shape index (κ3) is 2.35. The Kier molecular flexibility index (Phi) is 3.45. The van der Waals surface area contributed by atoms with Gasteiger partial charge in [-0.05, 0) is 18.6 Å². The van der Waals surface area contributed by atoms with E-state index in [4.69, 9.17) is 4.74 Å². The van der Waals surface area contributed by atoms with Crippen molar-refractivity contribution < 1.29 is 9.53 Å². The number of nitrogens with zero attached hydrogens (tertiary/aromatic N) is 5. The average molecular weight is 314 g/mol. The van der Waals surface area contributed by atoms with Crippen molar-refractivity contribution in [1.29, 1.82) is 0 Å². The van der Waals surface area contributed by atoms with Gasteiger partial charge in [-0.3, -0.25) is 4.79 Å². The standard InChI is InChI=1S/C15H18N6O2/c1-16-14-11(3-2-5-17-14)15(22)20-6-4-13-12(8-20)21-10(9-23-13)7-18-19-21/h2-3,5,7,12-13H,4,6,8-9H2,1H3,(H,16,17)/t12-,13-/m0/s1. The highest BCUT2D eigenvalue weighted by atomic mass is 16.5. The van der Waals surface area contributed by atoms with Gasteiger partial charge in [-0.2, -0.15) is 0 Å². The molecule has 2 aromatic heterocycles. The molecule has 8 heteroatoms. The molecule has 0 aromatic carbocycles. The molecule has 0 radical (unpaired) electrons. The Morgan fingerprint density at radius 2 is 2.39 bits per heavy atom. The van der Waals surface area contributed by atoms with E-state index in [2.05, 4.69) is 20.6 Å². The molecule has 1 N–H and O–H groups in total. The maximum Gasteiger partial charge on any atom is 0.257 e. The average Bonchev–Trinajstić information content (AvgIpc) is 3.09. The molecule has 0 unspecified atom stereocenters. The van der Waals surface area contributed by atoms with Crippen LogP contribution in [0, 0.1) is 0 Å². The van der Waals surface area contributed by atoms with E-state index in [1.807, 2.05) is 9.58 Å². The van der Waals surface area contributed by atoms with Crippen molar-refractivity contribution in [1.82, 2.24) is 24.9 Å². The van der Waals surface area contributed by atoms with Crippen molar-refractivity contribution in [2.45, 2.75) is 25.2 Å². The van der Waals surface area contributed by atoms with Gasteiger partial charge in [0, 0.05) is 26.3 Å². The number of fused-ring (bicyclic) bond motifs is 3. The number of carbonyl (C=O) groups is 1. The summed E-state index contributed by atoms with van der Waals surface area (Å²) >= 11 is 0. The fourth-order valence-corrected chi connectivity index (χ4v) is 3.31. The molecule has 0 bridgehead atoms. The van der Waals surface area contributed by atoms with Gasteiger partial charge in [-0.25, -0.2) is 9.67 Å². The number of piperidine rings is 1. The maximum atomic E-state index is 12.9. The van der Waals surface area contributed by atoms with Crippen molar-refractivity contribution in [3.8, 4) is 0 Å². The molecule has 1 amide bonds. The number of amides is 1. The highest BCUT2D eigenvalue weighted by Crippen LogP contribution is 2.31. The van der Waals surface area contributed by atoms with Crippen LogP contribution in [0.4, 0.5) is 5.82 Å². The normalized spacial score (nSPS) is 23.1. The summed E-state index contributed by atoms with van der Waals surface area (Å²) in [4.78, 5) is 18.9. The van der Waals surface area contributed by atoms with Crippen LogP contribution in [0.25, 0.3) is 0 Å². The van der Waals surface area contributed by atoms with Gasteiger partial charge in [-0.15, -0.1) is 5.10 Å². The summed E-state index contributed by atoms with van der Waals surface area (Å²) in [6.07, 6.45) is 4.28. The minimum absolute atomic E-state index is 0.0202. The van der Waals surface area contributed by atoms with Crippen LogP contribution in [0.5, 0.6) is 0 Å². The predicted octanol–water partition coefficient (Wildman–Crippen LogP) is 0.701. The van der Waals surface area contributed by atoms with Gasteiger partial charge >= 0.3 is 0 Å². The lowest BCUT2D eigenvalue weighted by Gasteiger charge is -2.41. The molecule has 2 aliphatic rings. The molecule has 2 atom stereocenters. The van der Waals surface area contributed by atoms with Gasteiger partial charge in [-0.1, -0.05) is 5.21 Å². The van der Waals surface area contributed by atoms with Gasteiger partial charge in [0.25, 0.3) is 5.91 Å². The van der Waals surface area contributed by atoms with Crippen LogP contribution in [0.1, 0.15) is 28.5 Å². The van der Waals surface area contributed by atoms with E-state index in [1.54, 1.807) is 31.6 Å². The molecule has 1 saturated heterocycles. The predicted molar refractivity (Wildman–Crippen MR) is 81.9 cm³/mol. The second-order valence-corrected chi connectivity index (χ2v) is 5.78. The molecule has 120 valence electrons. The van der Waals surface area contributed by atoms with E-state index >= 15 is 0 Å². The first kappa shape index (κ1) is 14.1. The summed E-state index contributed by atoms with van der Waals surface area (Å²) in [5.41, 5.74) is 1.54. The lowest BCUT2D eigenvalue weighted by molar-refractivity contribution is -0.0605. The summed E-state index contributed by atoms with van der Waals surface area (Å²) in [5.74, 6) is 0.578. The van der Waals surface area contributed by atoms with Crippen molar-refractivity contribution in [3.05, 3.63) is 35.8 Å². The third-order valence-corrected chi connectivity index (χ3v) is 4.49. The summed E-state index contributed by atoms with van der Waals surface area (Å²) < 4.78 is 7.78. The van der Waals surface area contributed by atoms with Gasteiger partial charge in [0.1, 0.15) is 5.82 Å². The number of carbonyl (C=O) groups excluding carboxylic acids is 1.